The van der Waals surface area contributed by atoms with Gasteiger partial charge < -0.3 is 9.55 Å². The number of para-hydroxylation sites is 2. The molecular weight excluding hydrogens is 799 g/mol. The van der Waals surface area contributed by atoms with Crippen molar-refractivity contribution in [3.8, 4) is 22.6 Å². The van der Waals surface area contributed by atoms with Gasteiger partial charge in [0.1, 0.15) is 0 Å². The fourth-order valence-electron chi connectivity index (χ4n) is 8.41. The quantitative estimate of drug-likeness (QED) is 0.128. The smallest absolute Gasteiger partial charge is 0.314 e. The van der Waals surface area contributed by atoms with Crippen molar-refractivity contribution in [3.63, 3.8) is 0 Å². The molecule has 0 amide bonds. The van der Waals surface area contributed by atoms with Crippen molar-refractivity contribution in [2.75, 3.05) is 0 Å². The first-order valence-electron chi connectivity index (χ1n) is 18.3. The number of benzene rings is 4. The summed E-state index contributed by atoms with van der Waals surface area (Å²) in [6.07, 6.45) is 8.09. The Morgan fingerprint density at radius 3 is 2.00 bits per heavy atom. The average Bonchev–Trinajstić information content (AvgIpc) is 3.49. The van der Waals surface area contributed by atoms with E-state index in [1.165, 1.54) is 68.6 Å². The number of hydrogen-bond donors (Lipinski definition) is 0. The van der Waals surface area contributed by atoms with Gasteiger partial charge in [0, 0.05) is 6.20 Å². The van der Waals surface area contributed by atoms with Crippen LogP contribution in [0.4, 0.5) is 0 Å². The SMILES string of the molecule is CC(C)c1cccc(C(C)C)c1-n1[c-][n+]2c3c(cccc31)C(C)(C)c1c-2[c-]cc2c1C(C)(C)CCC2(C)C.[Ir+3].[c-]1ccccc1-c1ccccn1. The van der Waals surface area contributed by atoms with Crippen molar-refractivity contribution in [3.05, 3.63) is 143 Å². The van der Waals surface area contributed by atoms with Crippen molar-refractivity contribution < 1.29 is 24.7 Å². The number of fused-ring (bicyclic) bond motifs is 4. The minimum Gasteiger partial charge on any atom is -0.314 e. The van der Waals surface area contributed by atoms with E-state index in [2.05, 4.69) is 144 Å². The molecule has 2 aromatic heterocycles. The van der Waals surface area contributed by atoms with E-state index in [1.807, 2.05) is 42.5 Å². The average molecular weight is 850 g/mol. The molecular formula is C47H51IrN3+. The topological polar surface area (TPSA) is 21.7 Å². The van der Waals surface area contributed by atoms with Gasteiger partial charge in [0.15, 0.2) is 0 Å². The molecule has 2 aliphatic rings. The molecule has 3 heterocycles. The number of rotatable bonds is 4. The summed E-state index contributed by atoms with van der Waals surface area (Å²) in [7, 11) is 0. The van der Waals surface area contributed by atoms with Gasteiger partial charge in [0.25, 0.3) is 6.33 Å². The first-order valence-corrected chi connectivity index (χ1v) is 18.3. The fraction of sp³-hybridized carbons (Fsp3) is 0.362. The second-order valence-corrected chi connectivity index (χ2v) is 16.7. The standard InChI is InChI=1S/C36H43N2.C11H8N.Ir/c1-22(2)24-13-11-14-25(23(3)4)32(24)38-21-37-28-18-17-26-30(35(7,8)20-19-34(26,5)6)31(28)36(9,10)27-15-12-16-29(38)33(27)37;1-2-6-10(7-3-1)11-8-4-5-9-12-11;/h11-17,22-23H,19-20H2,1-10H3;1-6,8-9H;/q2*-1;+3. The Morgan fingerprint density at radius 2 is 1.37 bits per heavy atom. The normalized spacial score (nSPS) is 16.2. The van der Waals surface area contributed by atoms with Crippen molar-refractivity contribution >= 4 is 11.0 Å². The molecule has 3 nitrogen and oxygen atoms in total. The molecule has 0 fully saturated rings. The number of hydrogen-bond acceptors (Lipinski definition) is 1. The predicted molar refractivity (Wildman–Crippen MR) is 207 cm³/mol. The summed E-state index contributed by atoms with van der Waals surface area (Å²) >= 11 is 0. The molecule has 0 bridgehead atoms. The van der Waals surface area contributed by atoms with Crippen LogP contribution in [-0.2, 0) is 36.4 Å². The summed E-state index contributed by atoms with van der Waals surface area (Å²) in [5.74, 6) is 0.836. The predicted octanol–water partition coefficient (Wildman–Crippen LogP) is 11.3. The summed E-state index contributed by atoms with van der Waals surface area (Å²) in [4.78, 5) is 4.22. The summed E-state index contributed by atoms with van der Waals surface area (Å²) in [5.41, 5.74) is 15.7. The van der Waals surface area contributed by atoms with Crippen LogP contribution in [0.3, 0.4) is 0 Å². The zero-order valence-corrected chi connectivity index (χ0v) is 34.3. The van der Waals surface area contributed by atoms with Gasteiger partial charge in [0.05, 0.1) is 16.7 Å². The number of aromatic nitrogens is 3. The first-order chi connectivity index (χ1) is 23.7. The molecule has 262 valence electrons. The van der Waals surface area contributed by atoms with Crippen LogP contribution in [0.1, 0.15) is 127 Å². The van der Waals surface area contributed by atoms with Crippen molar-refractivity contribution in [1.82, 2.24) is 9.55 Å². The minimum absolute atomic E-state index is 0. The van der Waals surface area contributed by atoms with Crippen LogP contribution >= 0.6 is 0 Å². The van der Waals surface area contributed by atoms with Crippen LogP contribution in [-0.4, -0.2) is 9.55 Å². The molecule has 0 saturated carbocycles. The Kier molecular flexibility index (Phi) is 9.85. The van der Waals surface area contributed by atoms with Crippen LogP contribution in [0.25, 0.3) is 33.7 Å². The molecule has 0 radical (unpaired) electrons. The minimum atomic E-state index is -0.139. The zero-order valence-electron chi connectivity index (χ0n) is 31.9. The van der Waals surface area contributed by atoms with Gasteiger partial charge in [-0.2, -0.15) is 12.1 Å². The molecule has 6 aromatic rings. The molecule has 0 unspecified atom stereocenters. The van der Waals surface area contributed by atoms with Crippen molar-refractivity contribution in [1.29, 1.82) is 0 Å². The van der Waals surface area contributed by atoms with E-state index in [1.54, 1.807) is 6.20 Å². The van der Waals surface area contributed by atoms with Crippen LogP contribution in [0.5, 0.6) is 0 Å². The Morgan fingerprint density at radius 1 is 0.706 bits per heavy atom. The van der Waals surface area contributed by atoms with Gasteiger partial charge in [-0.3, -0.25) is 4.57 Å². The van der Waals surface area contributed by atoms with Gasteiger partial charge in [-0.05, 0) is 63.2 Å². The molecule has 0 spiro atoms. The Labute approximate surface area is 319 Å². The van der Waals surface area contributed by atoms with Crippen molar-refractivity contribution in [2.45, 2.75) is 110 Å². The monoisotopic (exact) mass is 850 g/mol. The molecule has 0 atom stereocenters. The largest absolute Gasteiger partial charge is 3.00 e. The molecule has 0 saturated heterocycles. The van der Waals surface area contributed by atoms with Crippen LogP contribution in [0.15, 0.2) is 91.1 Å². The summed E-state index contributed by atoms with van der Waals surface area (Å²) in [6.45, 7) is 23.8. The van der Waals surface area contributed by atoms with Gasteiger partial charge >= 0.3 is 20.1 Å². The third kappa shape index (κ3) is 6.23. The Hall–Kier alpha value is -3.85. The van der Waals surface area contributed by atoms with E-state index in [4.69, 9.17) is 0 Å². The molecule has 51 heavy (non-hydrogen) atoms. The fourth-order valence-corrected chi connectivity index (χ4v) is 8.41. The zero-order chi connectivity index (χ0) is 35.6. The van der Waals surface area contributed by atoms with E-state index >= 15 is 0 Å². The maximum absolute atomic E-state index is 4.22. The number of imidazole rings is 1. The maximum atomic E-state index is 4.22. The van der Waals surface area contributed by atoms with Gasteiger partial charge in [-0.1, -0.05) is 130 Å². The Balaban J connectivity index is 0.000000291. The molecule has 4 aromatic carbocycles. The summed E-state index contributed by atoms with van der Waals surface area (Å²) in [6, 6.07) is 36.6. The van der Waals surface area contributed by atoms with E-state index < -0.39 is 0 Å². The van der Waals surface area contributed by atoms with Crippen LogP contribution in [0.2, 0.25) is 0 Å². The maximum Gasteiger partial charge on any atom is 3.00 e. The molecule has 1 aliphatic carbocycles. The molecule has 8 rings (SSSR count). The Bertz CT molecular complexity index is 2120. The second-order valence-electron chi connectivity index (χ2n) is 16.7. The number of pyridine rings is 1. The van der Waals surface area contributed by atoms with E-state index in [0.717, 1.165) is 11.3 Å². The first kappa shape index (κ1) is 36.9. The van der Waals surface area contributed by atoms with E-state index in [0.29, 0.717) is 11.8 Å². The molecule has 4 heteroatoms. The summed E-state index contributed by atoms with van der Waals surface area (Å²) in [5, 5.41) is 0. The van der Waals surface area contributed by atoms with Crippen LogP contribution in [0, 0.1) is 18.5 Å². The van der Waals surface area contributed by atoms with Gasteiger partial charge in [-0.15, -0.1) is 52.6 Å². The van der Waals surface area contributed by atoms with Gasteiger partial charge in [0.2, 0.25) is 0 Å². The third-order valence-corrected chi connectivity index (χ3v) is 11.3. The van der Waals surface area contributed by atoms with Gasteiger partial charge in [-0.25, -0.2) is 0 Å². The number of nitrogens with zero attached hydrogens (tertiary/aromatic N) is 3. The second kappa shape index (κ2) is 13.6. The summed E-state index contributed by atoms with van der Waals surface area (Å²) < 4.78 is 4.70. The molecule has 0 N–H and O–H groups in total. The van der Waals surface area contributed by atoms with Crippen LogP contribution < -0.4 is 4.57 Å². The van der Waals surface area contributed by atoms with Crippen molar-refractivity contribution in [2.24, 2.45) is 0 Å². The van der Waals surface area contributed by atoms with E-state index in [-0.39, 0.29) is 36.4 Å². The van der Waals surface area contributed by atoms with E-state index in [9.17, 15) is 0 Å². The molecule has 1 aliphatic heterocycles. The third-order valence-electron chi connectivity index (χ3n) is 11.3.